The molecule has 8 nitrogen and oxygen atoms in total. The maximum Gasteiger partial charge on any atom is 0.255 e. The Hall–Kier alpha value is -3.55. The first-order valence-corrected chi connectivity index (χ1v) is 8.93. The quantitative estimate of drug-likeness (QED) is 0.704. The van der Waals surface area contributed by atoms with Crippen molar-refractivity contribution in [1.82, 2.24) is 4.90 Å². The van der Waals surface area contributed by atoms with Crippen molar-refractivity contribution < 1.29 is 23.9 Å². The van der Waals surface area contributed by atoms with Crippen molar-refractivity contribution in [2.75, 3.05) is 32.6 Å². The van der Waals surface area contributed by atoms with Crippen molar-refractivity contribution in [3.8, 4) is 11.5 Å². The lowest BCUT2D eigenvalue weighted by Gasteiger charge is -2.19. The second-order valence-electron chi connectivity index (χ2n) is 6.60. The topological polar surface area (TPSA) is 111 Å². The molecule has 2 aromatic carbocycles. The first-order chi connectivity index (χ1) is 13.7. The van der Waals surface area contributed by atoms with Crippen LogP contribution in [0, 0.1) is 13.8 Å². The summed E-state index contributed by atoms with van der Waals surface area (Å²) >= 11 is 0. The molecule has 0 aliphatic heterocycles. The maximum atomic E-state index is 12.7. The minimum absolute atomic E-state index is 0.116. The number of carbonyl (C=O) groups excluding carboxylic acids is 3. The number of anilines is 1. The molecule has 8 heteroatoms. The highest BCUT2D eigenvalue weighted by molar-refractivity contribution is 6.00. The van der Waals surface area contributed by atoms with Crippen LogP contribution in [0.1, 0.15) is 21.5 Å². The fraction of sp³-hybridized carbons (Fsp3) is 0.286. The molecule has 0 bridgehead atoms. The Morgan fingerprint density at radius 3 is 2.31 bits per heavy atom. The van der Waals surface area contributed by atoms with Gasteiger partial charge in [-0.2, -0.15) is 0 Å². The number of nitrogens with one attached hydrogen (secondary N) is 1. The van der Waals surface area contributed by atoms with Crippen molar-refractivity contribution >= 4 is 23.4 Å². The summed E-state index contributed by atoms with van der Waals surface area (Å²) in [6.45, 7) is 3.40. The van der Waals surface area contributed by atoms with Crippen LogP contribution in [-0.2, 0) is 9.59 Å². The molecule has 0 aliphatic carbocycles. The van der Waals surface area contributed by atoms with Crippen LogP contribution in [0.2, 0.25) is 0 Å². The van der Waals surface area contributed by atoms with E-state index < -0.39 is 5.91 Å². The van der Waals surface area contributed by atoms with Gasteiger partial charge in [0.15, 0.2) is 18.1 Å². The van der Waals surface area contributed by atoms with Crippen molar-refractivity contribution in [1.29, 1.82) is 0 Å². The van der Waals surface area contributed by atoms with Gasteiger partial charge in [-0.05, 0) is 43.2 Å². The molecule has 0 unspecified atom stereocenters. The van der Waals surface area contributed by atoms with E-state index in [2.05, 4.69) is 5.32 Å². The minimum Gasteiger partial charge on any atom is -0.493 e. The average molecular weight is 399 g/mol. The summed E-state index contributed by atoms with van der Waals surface area (Å²) in [6, 6.07) is 10.3. The molecule has 2 rings (SSSR count). The van der Waals surface area contributed by atoms with E-state index in [1.54, 1.807) is 0 Å². The molecule has 3 N–H and O–H groups in total. The fourth-order valence-corrected chi connectivity index (χ4v) is 2.77. The van der Waals surface area contributed by atoms with Gasteiger partial charge < -0.3 is 25.4 Å². The van der Waals surface area contributed by atoms with E-state index >= 15 is 0 Å². The standard InChI is InChI=1S/C21H25N3O5/c1-13-6-5-7-14(2)20(13)23-19(26)11-24(3)21(27)15-8-9-16(17(10-15)28-4)29-12-18(22)25/h5-10H,11-12H2,1-4H3,(H2,22,25)(H,23,26). The Bertz CT molecular complexity index is 906. The number of likely N-dealkylation sites (N-methyl/N-ethyl adjacent to an activating group) is 1. The summed E-state index contributed by atoms with van der Waals surface area (Å²) in [7, 11) is 2.96. The smallest absolute Gasteiger partial charge is 0.255 e. The molecule has 0 aromatic heterocycles. The predicted molar refractivity (Wildman–Crippen MR) is 109 cm³/mol. The summed E-state index contributed by atoms with van der Waals surface area (Å²) in [6.07, 6.45) is 0. The number of nitrogens with two attached hydrogens (primary N) is 1. The van der Waals surface area contributed by atoms with Gasteiger partial charge in [0.05, 0.1) is 13.7 Å². The van der Waals surface area contributed by atoms with Crippen molar-refractivity contribution in [3.63, 3.8) is 0 Å². The number of rotatable bonds is 8. The lowest BCUT2D eigenvalue weighted by molar-refractivity contribution is -0.120. The number of carbonyl (C=O) groups is 3. The van der Waals surface area contributed by atoms with Gasteiger partial charge in [0.25, 0.3) is 11.8 Å². The molecule has 3 amide bonds. The predicted octanol–water partition coefficient (Wildman–Crippen LogP) is 1.89. The molecular weight excluding hydrogens is 374 g/mol. The molecule has 0 saturated heterocycles. The Morgan fingerprint density at radius 1 is 1.07 bits per heavy atom. The van der Waals surface area contributed by atoms with Crippen LogP contribution in [0.25, 0.3) is 0 Å². The fourth-order valence-electron chi connectivity index (χ4n) is 2.77. The maximum absolute atomic E-state index is 12.7. The molecule has 0 fully saturated rings. The Labute approximate surface area is 169 Å². The number of hydrogen-bond acceptors (Lipinski definition) is 5. The van der Waals surface area contributed by atoms with Gasteiger partial charge in [0.1, 0.15) is 0 Å². The van der Waals surface area contributed by atoms with E-state index in [0.29, 0.717) is 11.3 Å². The second kappa shape index (κ2) is 9.59. The second-order valence-corrected chi connectivity index (χ2v) is 6.60. The highest BCUT2D eigenvalue weighted by atomic mass is 16.5. The summed E-state index contributed by atoms with van der Waals surface area (Å²) < 4.78 is 10.5. The number of benzene rings is 2. The summed E-state index contributed by atoms with van der Waals surface area (Å²) in [5, 5.41) is 2.85. The van der Waals surface area contributed by atoms with Crippen LogP contribution in [0.5, 0.6) is 11.5 Å². The largest absolute Gasteiger partial charge is 0.493 e. The Morgan fingerprint density at radius 2 is 1.72 bits per heavy atom. The van der Waals surface area contributed by atoms with Crippen molar-refractivity contribution in [2.45, 2.75) is 13.8 Å². The van der Waals surface area contributed by atoms with Gasteiger partial charge in [0.2, 0.25) is 5.91 Å². The minimum atomic E-state index is -0.623. The summed E-state index contributed by atoms with van der Waals surface area (Å²) in [4.78, 5) is 37.3. The number of primary amides is 1. The van der Waals surface area contributed by atoms with Crippen LogP contribution >= 0.6 is 0 Å². The van der Waals surface area contributed by atoms with Gasteiger partial charge in [-0.3, -0.25) is 14.4 Å². The number of methoxy groups -OCH3 is 1. The van der Waals surface area contributed by atoms with E-state index in [0.717, 1.165) is 16.8 Å². The molecule has 0 heterocycles. The lowest BCUT2D eigenvalue weighted by atomic mass is 10.1. The molecule has 0 atom stereocenters. The molecule has 0 radical (unpaired) electrons. The molecular formula is C21H25N3O5. The van der Waals surface area contributed by atoms with Gasteiger partial charge in [-0.15, -0.1) is 0 Å². The summed E-state index contributed by atoms with van der Waals surface area (Å²) in [5.74, 6) is -0.710. The van der Waals surface area contributed by atoms with E-state index in [4.69, 9.17) is 15.2 Å². The first-order valence-electron chi connectivity index (χ1n) is 8.93. The number of aryl methyl sites for hydroxylation is 2. The van der Waals surface area contributed by atoms with Gasteiger partial charge in [-0.25, -0.2) is 0 Å². The zero-order valence-corrected chi connectivity index (χ0v) is 16.9. The monoisotopic (exact) mass is 399 g/mol. The van der Waals surface area contributed by atoms with Crippen LogP contribution in [-0.4, -0.2) is 49.9 Å². The summed E-state index contributed by atoms with van der Waals surface area (Å²) in [5.41, 5.74) is 8.02. The van der Waals surface area contributed by atoms with Gasteiger partial charge in [-0.1, -0.05) is 18.2 Å². The van der Waals surface area contributed by atoms with Crippen molar-refractivity contribution in [2.24, 2.45) is 5.73 Å². The molecule has 154 valence electrons. The van der Waals surface area contributed by atoms with Crippen LogP contribution in [0.4, 0.5) is 5.69 Å². The van der Waals surface area contributed by atoms with E-state index in [1.165, 1.54) is 37.3 Å². The van der Waals surface area contributed by atoms with Crippen LogP contribution in [0.15, 0.2) is 36.4 Å². The Balaban J connectivity index is 2.07. The van der Waals surface area contributed by atoms with Crippen molar-refractivity contribution in [3.05, 3.63) is 53.1 Å². The van der Waals surface area contributed by atoms with Crippen LogP contribution in [0.3, 0.4) is 0 Å². The normalized spacial score (nSPS) is 10.2. The van der Waals surface area contributed by atoms with E-state index in [9.17, 15) is 14.4 Å². The molecule has 0 aliphatic rings. The third-order valence-electron chi connectivity index (χ3n) is 4.25. The van der Waals surface area contributed by atoms with E-state index in [1.807, 2.05) is 32.0 Å². The van der Waals surface area contributed by atoms with Gasteiger partial charge >= 0.3 is 0 Å². The SMILES string of the molecule is COc1cc(C(=O)N(C)CC(=O)Nc2c(C)cccc2C)ccc1OCC(N)=O. The molecule has 29 heavy (non-hydrogen) atoms. The number of nitrogens with zero attached hydrogens (tertiary/aromatic N) is 1. The third-order valence-corrected chi connectivity index (χ3v) is 4.25. The number of hydrogen-bond donors (Lipinski definition) is 2. The number of amides is 3. The molecule has 0 saturated carbocycles. The zero-order chi connectivity index (χ0) is 21.6. The highest BCUT2D eigenvalue weighted by Crippen LogP contribution is 2.28. The van der Waals surface area contributed by atoms with E-state index in [-0.39, 0.29) is 30.7 Å². The highest BCUT2D eigenvalue weighted by Gasteiger charge is 2.18. The molecule has 2 aromatic rings. The van der Waals surface area contributed by atoms with Gasteiger partial charge in [0, 0.05) is 18.3 Å². The van der Waals surface area contributed by atoms with Crippen LogP contribution < -0.4 is 20.5 Å². The Kier molecular flexibility index (Phi) is 7.19. The average Bonchev–Trinajstić information content (AvgIpc) is 2.68. The first kappa shape index (κ1) is 21.7. The lowest BCUT2D eigenvalue weighted by Crippen LogP contribution is -2.35. The number of para-hydroxylation sites is 1. The molecule has 0 spiro atoms. The number of ether oxygens (including phenoxy) is 2. The third kappa shape index (κ3) is 5.71. The zero-order valence-electron chi connectivity index (χ0n) is 16.9.